The maximum Gasteiger partial charge on any atom is 0.287 e. The molecular weight excluding hydrogens is 484 g/mol. The van der Waals surface area contributed by atoms with Crippen LogP contribution < -0.4 is 15.2 Å². The fraction of sp³-hybridized carbons (Fsp3) is 0.286. The van der Waals surface area contributed by atoms with Gasteiger partial charge in [0.1, 0.15) is 17.8 Å². The number of nitro groups is 1. The fourth-order valence-electron chi connectivity index (χ4n) is 4.65. The molecule has 10 heteroatoms. The average Bonchev–Trinajstić information content (AvgIpc) is 2.93. The predicted molar refractivity (Wildman–Crippen MR) is 147 cm³/mol. The van der Waals surface area contributed by atoms with E-state index in [0.29, 0.717) is 28.0 Å². The molecule has 0 bridgehead atoms. The van der Waals surface area contributed by atoms with Gasteiger partial charge in [0.25, 0.3) is 11.2 Å². The third-order valence-corrected chi connectivity index (χ3v) is 6.72. The molecule has 2 aromatic heterocycles. The summed E-state index contributed by atoms with van der Waals surface area (Å²) in [5.74, 6) is 1.49. The van der Waals surface area contributed by atoms with Crippen molar-refractivity contribution in [3.05, 3.63) is 92.7 Å². The lowest BCUT2D eigenvalue weighted by molar-refractivity contribution is -0.385. The van der Waals surface area contributed by atoms with E-state index in [1.54, 1.807) is 12.3 Å². The number of aromatic nitrogens is 3. The molecule has 194 valence electrons. The van der Waals surface area contributed by atoms with Gasteiger partial charge in [0, 0.05) is 49.5 Å². The van der Waals surface area contributed by atoms with Crippen LogP contribution in [0.4, 0.5) is 11.4 Å². The molecule has 38 heavy (non-hydrogen) atoms. The summed E-state index contributed by atoms with van der Waals surface area (Å²) in [4.78, 5) is 34.9. The second-order valence-corrected chi connectivity index (χ2v) is 9.51. The van der Waals surface area contributed by atoms with Crippen molar-refractivity contribution < 1.29 is 9.66 Å². The number of hydrogen-bond donors (Lipinski definition) is 0. The first-order chi connectivity index (χ1) is 18.4. The largest absolute Gasteiger partial charge is 0.438 e. The average molecular weight is 513 g/mol. The van der Waals surface area contributed by atoms with Gasteiger partial charge >= 0.3 is 0 Å². The van der Waals surface area contributed by atoms with Crippen molar-refractivity contribution >= 4 is 28.5 Å². The first kappa shape index (κ1) is 25.1. The van der Waals surface area contributed by atoms with Crippen LogP contribution >= 0.6 is 0 Å². The van der Waals surface area contributed by atoms with E-state index in [2.05, 4.69) is 10.1 Å². The van der Waals surface area contributed by atoms with Gasteiger partial charge in [0.05, 0.1) is 22.0 Å². The molecule has 10 nitrogen and oxygen atoms in total. The van der Waals surface area contributed by atoms with Gasteiger partial charge in [-0.15, -0.1) is 0 Å². The number of anilines is 1. The van der Waals surface area contributed by atoms with Gasteiger partial charge in [-0.25, -0.2) is 9.97 Å². The highest BCUT2D eigenvalue weighted by Crippen LogP contribution is 2.32. The normalized spacial score (nSPS) is 14.2. The Kier molecular flexibility index (Phi) is 7.12. The Morgan fingerprint density at radius 3 is 2.61 bits per heavy atom. The van der Waals surface area contributed by atoms with Crippen LogP contribution in [-0.4, -0.2) is 39.9 Å². The van der Waals surface area contributed by atoms with E-state index in [1.807, 2.05) is 55.4 Å². The van der Waals surface area contributed by atoms with E-state index in [0.717, 1.165) is 37.6 Å². The van der Waals surface area contributed by atoms with Gasteiger partial charge in [-0.2, -0.15) is 9.78 Å². The van der Waals surface area contributed by atoms with Crippen LogP contribution in [0.1, 0.15) is 49.4 Å². The second-order valence-electron chi connectivity index (χ2n) is 9.51. The number of ether oxygens (including phenoxy) is 1. The Labute approximate surface area is 219 Å². The minimum Gasteiger partial charge on any atom is -0.438 e. The number of nitrogens with zero attached hydrogens (tertiary/aromatic N) is 6. The van der Waals surface area contributed by atoms with Gasteiger partial charge in [0.15, 0.2) is 0 Å². The summed E-state index contributed by atoms with van der Waals surface area (Å²) in [5.41, 5.74) is 1.83. The summed E-state index contributed by atoms with van der Waals surface area (Å²) in [6, 6.07) is 15.7. The summed E-state index contributed by atoms with van der Waals surface area (Å²) in [6.45, 7) is 0. The van der Waals surface area contributed by atoms with Gasteiger partial charge in [-0.3, -0.25) is 14.9 Å². The van der Waals surface area contributed by atoms with Crippen LogP contribution in [0, 0.1) is 10.1 Å². The number of pyridine rings is 1. The number of rotatable bonds is 7. The monoisotopic (exact) mass is 512 g/mol. The molecule has 1 fully saturated rings. The molecule has 2 aromatic carbocycles. The van der Waals surface area contributed by atoms with Crippen molar-refractivity contribution in [3.63, 3.8) is 0 Å². The lowest BCUT2D eigenvalue weighted by Gasteiger charge is -2.22. The van der Waals surface area contributed by atoms with Crippen LogP contribution in [0.25, 0.3) is 10.9 Å². The Morgan fingerprint density at radius 2 is 1.89 bits per heavy atom. The van der Waals surface area contributed by atoms with Crippen LogP contribution in [0.5, 0.6) is 11.6 Å². The van der Waals surface area contributed by atoms with E-state index >= 15 is 0 Å². The van der Waals surface area contributed by atoms with Crippen molar-refractivity contribution in [1.29, 1.82) is 0 Å². The Bertz CT molecular complexity index is 1560. The second kappa shape index (κ2) is 10.8. The summed E-state index contributed by atoms with van der Waals surface area (Å²) >= 11 is 0. The number of benzene rings is 2. The standard InChI is InChI=1S/C28H28N6O4/c1-32(2)21-13-12-20(25(16-21)38-26-15-14-22(18-29-26)34(36)37)17-30-33-27(19-8-4-3-5-9-19)31-24-11-7-6-10-23(24)28(33)35/h6-7,10-19H,3-5,8-9H2,1-2H3. The summed E-state index contributed by atoms with van der Waals surface area (Å²) < 4.78 is 7.44. The minimum atomic E-state index is -0.513. The Balaban J connectivity index is 1.57. The molecule has 2 heterocycles. The number of hydrogen-bond acceptors (Lipinski definition) is 8. The third-order valence-electron chi connectivity index (χ3n) is 6.72. The van der Waals surface area contributed by atoms with Gasteiger partial charge in [0.2, 0.25) is 5.88 Å². The molecule has 0 amide bonds. The molecule has 0 aliphatic heterocycles. The maximum absolute atomic E-state index is 13.5. The lowest BCUT2D eigenvalue weighted by Crippen LogP contribution is -2.25. The first-order valence-electron chi connectivity index (χ1n) is 12.6. The molecule has 5 rings (SSSR count). The predicted octanol–water partition coefficient (Wildman–Crippen LogP) is 5.49. The first-order valence-corrected chi connectivity index (χ1v) is 12.6. The smallest absolute Gasteiger partial charge is 0.287 e. The van der Waals surface area contributed by atoms with Gasteiger partial charge in [-0.1, -0.05) is 31.4 Å². The molecule has 0 N–H and O–H groups in total. The third kappa shape index (κ3) is 5.24. The Hall–Kier alpha value is -4.60. The van der Waals surface area contributed by atoms with E-state index in [9.17, 15) is 14.9 Å². The van der Waals surface area contributed by atoms with Crippen LogP contribution in [-0.2, 0) is 0 Å². The number of para-hydroxylation sites is 1. The molecule has 0 atom stereocenters. The molecule has 1 aliphatic rings. The molecule has 0 radical (unpaired) electrons. The SMILES string of the molecule is CN(C)c1ccc(C=Nn2c(C3CCCCC3)nc3ccccc3c2=O)c(Oc2ccc([N+](=O)[O-])cn2)c1. The molecule has 4 aromatic rings. The molecule has 1 saturated carbocycles. The zero-order valence-electron chi connectivity index (χ0n) is 21.3. The zero-order valence-corrected chi connectivity index (χ0v) is 21.3. The van der Waals surface area contributed by atoms with Crippen LogP contribution in [0.2, 0.25) is 0 Å². The summed E-state index contributed by atoms with van der Waals surface area (Å²) in [6.07, 6.45) is 8.07. The molecule has 0 spiro atoms. The highest BCUT2D eigenvalue weighted by atomic mass is 16.6. The highest BCUT2D eigenvalue weighted by molar-refractivity contribution is 5.85. The van der Waals surface area contributed by atoms with Crippen molar-refractivity contribution in [2.45, 2.75) is 38.0 Å². The molecule has 0 unspecified atom stereocenters. The van der Waals surface area contributed by atoms with Crippen molar-refractivity contribution in [2.75, 3.05) is 19.0 Å². The van der Waals surface area contributed by atoms with Gasteiger partial charge < -0.3 is 9.64 Å². The zero-order chi connectivity index (χ0) is 26.6. The molecule has 0 saturated heterocycles. The fourth-order valence-corrected chi connectivity index (χ4v) is 4.65. The summed E-state index contributed by atoms with van der Waals surface area (Å²) in [7, 11) is 3.82. The van der Waals surface area contributed by atoms with Crippen LogP contribution in [0.15, 0.2) is 70.7 Å². The van der Waals surface area contributed by atoms with E-state index in [1.165, 1.54) is 23.2 Å². The van der Waals surface area contributed by atoms with Crippen molar-refractivity contribution in [2.24, 2.45) is 5.10 Å². The maximum atomic E-state index is 13.5. The van der Waals surface area contributed by atoms with Crippen LogP contribution in [0.3, 0.4) is 0 Å². The van der Waals surface area contributed by atoms with Crippen molar-refractivity contribution in [3.8, 4) is 11.6 Å². The molecule has 1 aliphatic carbocycles. The number of fused-ring (bicyclic) bond motifs is 1. The summed E-state index contributed by atoms with van der Waals surface area (Å²) in [5, 5.41) is 16.1. The lowest BCUT2D eigenvalue weighted by atomic mass is 9.88. The highest BCUT2D eigenvalue weighted by Gasteiger charge is 2.22. The van der Waals surface area contributed by atoms with E-state index in [-0.39, 0.29) is 23.0 Å². The minimum absolute atomic E-state index is 0.125. The van der Waals surface area contributed by atoms with Crippen molar-refractivity contribution in [1.82, 2.24) is 14.6 Å². The van der Waals surface area contributed by atoms with Gasteiger partial charge in [-0.05, 0) is 37.1 Å². The topological polar surface area (TPSA) is 116 Å². The Morgan fingerprint density at radius 1 is 1.11 bits per heavy atom. The van der Waals surface area contributed by atoms with E-state index in [4.69, 9.17) is 9.72 Å². The molecular formula is C28H28N6O4. The quantitative estimate of drug-likeness (QED) is 0.183. The van der Waals surface area contributed by atoms with E-state index < -0.39 is 4.92 Å².